The fourth-order valence-corrected chi connectivity index (χ4v) is 2.68. The highest BCUT2D eigenvalue weighted by Gasteiger charge is 2.33. The summed E-state index contributed by atoms with van der Waals surface area (Å²) in [5, 5.41) is 3.47. The van der Waals surface area contributed by atoms with Crippen LogP contribution in [0, 0.1) is 18.8 Å². The molecule has 0 radical (unpaired) electrons. The lowest BCUT2D eigenvalue weighted by Crippen LogP contribution is -2.23. The van der Waals surface area contributed by atoms with Gasteiger partial charge >= 0.3 is 0 Å². The van der Waals surface area contributed by atoms with Crippen LogP contribution < -0.4 is 10.2 Å². The highest BCUT2D eigenvalue weighted by atomic mass is 15.1. The Morgan fingerprint density at radius 3 is 2.58 bits per heavy atom. The van der Waals surface area contributed by atoms with Gasteiger partial charge in [0, 0.05) is 31.9 Å². The van der Waals surface area contributed by atoms with Gasteiger partial charge in [-0.15, -0.1) is 0 Å². The summed E-state index contributed by atoms with van der Waals surface area (Å²) in [6.45, 7) is 11.1. The molecule has 106 valence electrons. The first kappa shape index (κ1) is 14.4. The number of nitrogens with one attached hydrogen (secondary N) is 1. The van der Waals surface area contributed by atoms with Crippen molar-refractivity contribution in [1.82, 2.24) is 5.32 Å². The van der Waals surface area contributed by atoms with Crippen LogP contribution in [0.15, 0.2) is 18.2 Å². The number of anilines is 1. The van der Waals surface area contributed by atoms with E-state index in [0.717, 1.165) is 18.4 Å². The minimum absolute atomic E-state index is 0.541. The number of aryl methyl sites for hydroxylation is 1. The maximum Gasteiger partial charge on any atom is 0.0393 e. The Labute approximate surface area is 118 Å². The molecule has 0 heterocycles. The van der Waals surface area contributed by atoms with Crippen molar-refractivity contribution >= 4 is 5.69 Å². The fourth-order valence-electron chi connectivity index (χ4n) is 2.68. The topological polar surface area (TPSA) is 15.3 Å². The summed E-state index contributed by atoms with van der Waals surface area (Å²) in [5.74, 6) is 1.84. The number of hydrogen-bond acceptors (Lipinski definition) is 2. The molecule has 0 spiro atoms. The van der Waals surface area contributed by atoms with Gasteiger partial charge in [0.15, 0.2) is 0 Å². The number of nitrogens with zero attached hydrogens (tertiary/aromatic N) is 1. The van der Waals surface area contributed by atoms with Crippen LogP contribution in [-0.2, 0) is 6.54 Å². The summed E-state index contributed by atoms with van der Waals surface area (Å²) in [4.78, 5) is 2.42. The highest BCUT2D eigenvalue weighted by molar-refractivity contribution is 5.54. The van der Waals surface area contributed by atoms with Crippen LogP contribution in [0.4, 0.5) is 5.69 Å². The van der Waals surface area contributed by atoms with E-state index in [4.69, 9.17) is 0 Å². The predicted molar refractivity (Wildman–Crippen MR) is 83.7 cm³/mol. The van der Waals surface area contributed by atoms with E-state index >= 15 is 0 Å². The molecule has 1 aliphatic rings. The molecule has 2 heteroatoms. The number of hydrogen-bond donors (Lipinski definition) is 1. The Kier molecular flexibility index (Phi) is 4.51. The van der Waals surface area contributed by atoms with Crippen LogP contribution in [0.3, 0.4) is 0 Å². The van der Waals surface area contributed by atoms with E-state index in [1.54, 1.807) is 0 Å². The fraction of sp³-hybridized carbons (Fsp3) is 0.647. The van der Waals surface area contributed by atoms with Gasteiger partial charge in [-0.3, -0.25) is 0 Å². The van der Waals surface area contributed by atoms with E-state index in [-0.39, 0.29) is 0 Å². The van der Waals surface area contributed by atoms with Crippen molar-refractivity contribution in [2.24, 2.45) is 11.8 Å². The molecule has 0 aromatic heterocycles. The van der Waals surface area contributed by atoms with E-state index < -0.39 is 0 Å². The molecule has 0 saturated heterocycles. The lowest BCUT2D eigenvalue weighted by atomic mass is 10.1. The lowest BCUT2D eigenvalue weighted by molar-refractivity contribution is 0.588. The van der Waals surface area contributed by atoms with Gasteiger partial charge in [-0.2, -0.15) is 0 Å². The maximum atomic E-state index is 3.47. The average molecular weight is 260 g/mol. The van der Waals surface area contributed by atoms with E-state index in [1.165, 1.54) is 29.8 Å². The van der Waals surface area contributed by atoms with Crippen LogP contribution in [-0.4, -0.2) is 19.6 Å². The van der Waals surface area contributed by atoms with Gasteiger partial charge in [-0.05, 0) is 42.4 Å². The van der Waals surface area contributed by atoms with E-state index in [0.29, 0.717) is 6.04 Å². The molecule has 1 fully saturated rings. The molecule has 1 aliphatic carbocycles. The quantitative estimate of drug-likeness (QED) is 0.841. The lowest BCUT2D eigenvalue weighted by Gasteiger charge is -2.22. The van der Waals surface area contributed by atoms with Crippen LogP contribution in [0.25, 0.3) is 0 Å². The monoisotopic (exact) mass is 260 g/mol. The minimum Gasteiger partial charge on any atom is -0.374 e. The molecule has 0 amide bonds. The SMILES string of the molecule is Cc1cc(CNC(C)C)ccc1N(C)CC1CC1C. The van der Waals surface area contributed by atoms with E-state index in [9.17, 15) is 0 Å². The highest BCUT2D eigenvalue weighted by Crippen LogP contribution is 2.39. The summed E-state index contributed by atoms with van der Waals surface area (Å²) in [6, 6.07) is 7.39. The van der Waals surface area contributed by atoms with Crippen molar-refractivity contribution in [3.05, 3.63) is 29.3 Å². The Hall–Kier alpha value is -1.02. The van der Waals surface area contributed by atoms with Gasteiger partial charge in [0.1, 0.15) is 0 Å². The van der Waals surface area contributed by atoms with Crippen LogP contribution in [0.5, 0.6) is 0 Å². The summed E-state index contributed by atoms with van der Waals surface area (Å²) < 4.78 is 0. The molecule has 2 nitrogen and oxygen atoms in total. The van der Waals surface area contributed by atoms with Crippen molar-refractivity contribution in [3.63, 3.8) is 0 Å². The average Bonchev–Trinajstić information content (AvgIpc) is 3.02. The zero-order valence-corrected chi connectivity index (χ0v) is 13.0. The maximum absolute atomic E-state index is 3.47. The first-order valence-electron chi connectivity index (χ1n) is 7.51. The van der Waals surface area contributed by atoms with Gasteiger partial charge < -0.3 is 10.2 Å². The normalized spacial score (nSPS) is 21.8. The molecule has 2 rings (SSSR count). The molecular formula is C17H28N2. The summed E-state index contributed by atoms with van der Waals surface area (Å²) >= 11 is 0. The number of rotatable bonds is 6. The van der Waals surface area contributed by atoms with Gasteiger partial charge in [-0.1, -0.05) is 32.9 Å². The van der Waals surface area contributed by atoms with Crippen molar-refractivity contribution in [1.29, 1.82) is 0 Å². The minimum atomic E-state index is 0.541. The van der Waals surface area contributed by atoms with Crippen LogP contribution >= 0.6 is 0 Å². The molecule has 1 N–H and O–H groups in total. The first-order valence-corrected chi connectivity index (χ1v) is 7.51. The van der Waals surface area contributed by atoms with Crippen molar-refractivity contribution in [2.45, 2.75) is 46.7 Å². The molecule has 1 aromatic carbocycles. The second kappa shape index (κ2) is 5.96. The van der Waals surface area contributed by atoms with Crippen molar-refractivity contribution in [3.8, 4) is 0 Å². The zero-order valence-electron chi connectivity index (χ0n) is 13.0. The van der Waals surface area contributed by atoms with Gasteiger partial charge in [0.2, 0.25) is 0 Å². The van der Waals surface area contributed by atoms with Gasteiger partial charge in [0.25, 0.3) is 0 Å². The molecule has 0 bridgehead atoms. The summed E-state index contributed by atoms with van der Waals surface area (Å²) in [5.41, 5.74) is 4.15. The van der Waals surface area contributed by atoms with E-state index in [1.807, 2.05) is 0 Å². The molecule has 2 atom stereocenters. The van der Waals surface area contributed by atoms with E-state index in [2.05, 4.69) is 63.2 Å². The Balaban J connectivity index is 1.97. The molecule has 1 aromatic rings. The molecule has 19 heavy (non-hydrogen) atoms. The third-order valence-electron chi connectivity index (χ3n) is 4.17. The molecular weight excluding hydrogens is 232 g/mol. The van der Waals surface area contributed by atoms with Crippen molar-refractivity contribution < 1.29 is 0 Å². The van der Waals surface area contributed by atoms with Gasteiger partial charge in [0.05, 0.1) is 0 Å². The summed E-state index contributed by atoms with van der Waals surface area (Å²) in [6.07, 6.45) is 1.40. The molecule has 2 unspecified atom stereocenters. The first-order chi connectivity index (χ1) is 8.97. The third-order valence-corrected chi connectivity index (χ3v) is 4.17. The van der Waals surface area contributed by atoms with Crippen molar-refractivity contribution in [2.75, 3.05) is 18.5 Å². The Morgan fingerprint density at radius 1 is 1.37 bits per heavy atom. The predicted octanol–water partition coefficient (Wildman–Crippen LogP) is 3.59. The zero-order chi connectivity index (χ0) is 14.0. The largest absolute Gasteiger partial charge is 0.374 e. The second-order valence-corrected chi connectivity index (χ2v) is 6.51. The smallest absolute Gasteiger partial charge is 0.0393 e. The standard InChI is InChI=1S/C17H28N2/c1-12(2)18-10-15-6-7-17(14(4)8-15)19(5)11-16-9-13(16)3/h6-8,12-13,16,18H,9-11H2,1-5H3. The van der Waals surface area contributed by atoms with Gasteiger partial charge in [-0.25, -0.2) is 0 Å². The molecule has 1 saturated carbocycles. The third kappa shape index (κ3) is 3.97. The molecule has 0 aliphatic heterocycles. The van der Waals surface area contributed by atoms with Crippen LogP contribution in [0.2, 0.25) is 0 Å². The summed E-state index contributed by atoms with van der Waals surface area (Å²) in [7, 11) is 2.22. The second-order valence-electron chi connectivity index (χ2n) is 6.51. The Bertz CT molecular complexity index is 425. The Morgan fingerprint density at radius 2 is 2.05 bits per heavy atom. The van der Waals surface area contributed by atoms with Crippen LogP contribution in [0.1, 0.15) is 38.3 Å². The number of benzene rings is 1.